The van der Waals surface area contributed by atoms with Crippen molar-refractivity contribution in [2.45, 2.75) is 76.4 Å². The van der Waals surface area contributed by atoms with Crippen molar-refractivity contribution in [2.75, 3.05) is 24.6 Å². The molecule has 2 nitrogen and oxygen atoms in total. The van der Waals surface area contributed by atoms with Crippen molar-refractivity contribution in [3.05, 3.63) is 0 Å². The fraction of sp³-hybridized carbons (Fsp3) is 1.00. The van der Waals surface area contributed by atoms with E-state index in [1.54, 1.807) is 0 Å². The summed E-state index contributed by atoms with van der Waals surface area (Å²) in [4.78, 5) is 4.72. The van der Waals surface area contributed by atoms with Crippen molar-refractivity contribution >= 4 is 22.6 Å². The van der Waals surface area contributed by atoms with E-state index >= 15 is 0 Å². The van der Waals surface area contributed by atoms with Gasteiger partial charge in [0.25, 0.3) is 0 Å². The first-order valence-electron chi connectivity index (χ1n) is 8.67. The summed E-state index contributed by atoms with van der Waals surface area (Å²) < 4.78 is 6.24. The van der Waals surface area contributed by atoms with Gasteiger partial charge in [-0.15, -0.1) is 0 Å². The van der Waals surface area contributed by atoms with Gasteiger partial charge in [-0.05, 0) is 62.5 Å². The zero-order chi connectivity index (χ0) is 14.2. The molecule has 2 heterocycles. The normalized spacial score (nSPS) is 32.1. The lowest BCUT2D eigenvalue weighted by Gasteiger charge is -2.44. The number of hydrogen-bond acceptors (Lipinski definition) is 2. The highest BCUT2D eigenvalue weighted by Gasteiger charge is 2.33. The maximum absolute atomic E-state index is 6.24. The van der Waals surface area contributed by atoms with Gasteiger partial charge in [-0.25, -0.2) is 0 Å². The van der Waals surface area contributed by atoms with Gasteiger partial charge in [0.15, 0.2) is 0 Å². The van der Waals surface area contributed by atoms with Crippen LogP contribution in [-0.2, 0) is 4.74 Å². The van der Waals surface area contributed by atoms with Crippen molar-refractivity contribution in [1.29, 1.82) is 0 Å². The Labute approximate surface area is 139 Å². The number of piperidine rings is 2. The summed E-state index contributed by atoms with van der Waals surface area (Å²) in [5, 5.41) is 0. The maximum atomic E-state index is 6.24. The molecule has 0 radical (unpaired) electrons. The minimum atomic E-state index is 0.595. The number of rotatable bonds is 3. The SMILES string of the molecule is C1CCC(OCC2CCCN3CCCCC23)CC1.CI. The Morgan fingerprint density at radius 3 is 2.35 bits per heavy atom. The molecule has 0 aromatic rings. The van der Waals surface area contributed by atoms with E-state index in [1.807, 2.05) is 4.93 Å². The number of ether oxygens (including phenoxy) is 1. The van der Waals surface area contributed by atoms with Crippen LogP contribution < -0.4 is 0 Å². The van der Waals surface area contributed by atoms with Gasteiger partial charge in [0.1, 0.15) is 0 Å². The lowest BCUT2D eigenvalue weighted by atomic mass is 9.84. The Morgan fingerprint density at radius 1 is 0.850 bits per heavy atom. The largest absolute Gasteiger partial charge is 0.378 e. The first-order chi connectivity index (χ1) is 9.93. The standard InChI is InChI=1S/C16H29NO.CH3I/c1-2-8-15(9-3-1)18-13-14-7-6-12-17-11-5-4-10-16(14)17;1-2/h14-16H,1-13H2;1H3. The molecule has 3 fully saturated rings. The molecule has 3 aliphatic rings. The summed E-state index contributed by atoms with van der Waals surface area (Å²) in [6.45, 7) is 3.75. The van der Waals surface area contributed by atoms with Crippen LogP contribution >= 0.6 is 22.6 Å². The van der Waals surface area contributed by atoms with Crippen molar-refractivity contribution in [1.82, 2.24) is 4.90 Å². The number of fused-ring (bicyclic) bond motifs is 1. The molecular formula is C17H32INO. The molecule has 2 unspecified atom stereocenters. The van der Waals surface area contributed by atoms with E-state index in [2.05, 4.69) is 27.5 Å². The van der Waals surface area contributed by atoms with Gasteiger partial charge in [0.05, 0.1) is 12.7 Å². The molecular weight excluding hydrogens is 361 g/mol. The van der Waals surface area contributed by atoms with Crippen LogP contribution in [0.25, 0.3) is 0 Å². The van der Waals surface area contributed by atoms with Gasteiger partial charge >= 0.3 is 0 Å². The highest BCUT2D eigenvalue weighted by Crippen LogP contribution is 2.32. The predicted molar refractivity (Wildman–Crippen MR) is 94.7 cm³/mol. The monoisotopic (exact) mass is 393 g/mol. The first-order valence-corrected chi connectivity index (χ1v) is 10.8. The number of hydrogen-bond donors (Lipinski definition) is 0. The average Bonchev–Trinajstić information content (AvgIpc) is 2.56. The Balaban J connectivity index is 0.000000704. The van der Waals surface area contributed by atoms with Crippen molar-refractivity contribution < 1.29 is 4.74 Å². The van der Waals surface area contributed by atoms with Crippen LogP contribution in [0.15, 0.2) is 0 Å². The Bertz CT molecular complexity index is 253. The Kier molecular flexibility index (Phi) is 8.19. The second-order valence-electron chi connectivity index (χ2n) is 6.59. The van der Waals surface area contributed by atoms with Gasteiger partial charge in [0, 0.05) is 6.04 Å². The van der Waals surface area contributed by atoms with Gasteiger partial charge in [-0.3, -0.25) is 0 Å². The molecule has 0 amide bonds. The van der Waals surface area contributed by atoms with Crippen molar-refractivity contribution in [3.8, 4) is 0 Å². The number of nitrogens with zero attached hydrogens (tertiary/aromatic N) is 1. The topological polar surface area (TPSA) is 12.5 Å². The van der Waals surface area contributed by atoms with Gasteiger partial charge in [0.2, 0.25) is 0 Å². The first kappa shape index (κ1) is 17.0. The summed E-state index contributed by atoms with van der Waals surface area (Å²) in [6.07, 6.45) is 14.6. The van der Waals surface area contributed by atoms with Crippen molar-refractivity contribution in [2.24, 2.45) is 5.92 Å². The molecule has 20 heavy (non-hydrogen) atoms. The van der Waals surface area contributed by atoms with Gasteiger partial charge in [-0.1, -0.05) is 48.3 Å². The molecule has 2 aliphatic heterocycles. The smallest absolute Gasteiger partial charge is 0.0575 e. The van der Waals surface area contributed by atoms with Crippen LogP contribution in [0.1, 0.15) is 64.2 Å². The quantitative estimate of drug-likeness (QED) is 0.511. The van der Waals surface area contributed by atoms with Crippen molar-refractivity contribution in [3.63, 3.8) is 0 Å². The summed E-state index contributed by atoms with van der Waals surface area (Å²) >= 11 is 2.15. The van der Waals surface area contributed by atoms with Gasteiger partial charge < -0.3 is 9.64 Å². The molecule has 0 aromatic carbocycles. The summed E-state index contributed by atoms with van der Waals surface area (Å²) in [6, 6.07) is 0.857. The summed E-state index contributed by atoms with van der Waals surface area (Å²) in [5.74, 6) is 0.834. The van der Waals surface area contributed by atoms with Crippen LogP contribution in [0.2, 0.25) is 0 Å². The van der Waals surface area contributed by atoms with Crippen LogP contribution in [0, 0.1) is 5.92 Å². The molecule has 0 bridgehead atoms. The third-order valence-electron chi connectivity index (χ3n) is 5.33. The average molecular weight is 393 g/mol. The minimum absolute atomic E-state index is 0.595. The molecule has 3 rings (SSSR count). The molecule has 1 saturated carbocycles. The molecule has 2 atom stereocenters. The molecule has 1 aliphatic carbocycles. The Hall–Kier alpha value is 0.650. The third-order valence-corrected chi connectivity index (χ3v) is 5.33. The minimum Gasteiger partial charge on any atom is -0.378 e. The zero-order valence-electron chi connectivity index (χ0n) is 13.2. The molecule has 2 saturated heterocycles. The highest BCUT2D eigenvalue weighted by atomic mass is 127. The molecule has 118 valence electrons. The van der Waals surface area contributed by atoms with E-state index < -0.39 is 0 Å². The maximum Gasteiger partial charge on any atom is 0.0575 e. The molecule has 3 heteroatoms. The predicted octanol–water partition coefficient (Wildman–Crippen LogP) is 4.65. The molecule has 0 spiro atoms. The van der Waals surface area contributed by atoms with E-state index in [0.29, 0.717) is 6.10 Å². The van der Waals surface area contributed by atoms with E-state index in [9.17, 15) is 0 Å². The summed E-state index contributed by atoms with van der Waals surface area (Å²) in [7, 11) is 0. The fourth-order valence-corrected chi connectivity index (χ4v) is 4.26. The zero-order valence-corrected chi connectivity index (χ0v) is 15.3. The second kappa shape index (κ2) is 9.62. The second-order valence-corrected chi connectivity index (χ2v) is 6.59. The third kappa shape index (κ3) is 4.84. The lowest BCUT2D eigenvalue weighted by molar-refractivity contribution is -0.0359. The lowest BCUT2D eigenvalue weighted by Crippen LogP contribution is -2.49. The Morgan fingerprint density at radius 2 is 1.55 bits per heavy atom. The summed E-state index contributed by atoms with van der Waals surface area (Å²) in [5.41, 5.74) is 0. The van der Waals surface area contributed by atoms with Crippen LogP contribution in [0.3, 0.4) is 0 Å². The van der Waals surface area contributed by atoms with Crippen LogP contribution in [0.5, 0.6) is 0 Å². The van der Waals surface area contributed by atoms with E-state index in [0.717, 1.165) is 18.6 Å². The fourth-order valence-electron chi connectivity index (χ4n) is 4.26. The highest BCUT2D eigenvalue weighted by molar-refractivity contribution is 14.1. The van der Waals surface area contributed by atoms with E-state index in [4.69, 9.17) is 4.74 Å². The van der Waals surface area contributed by atoms with Gasteiger partial charge in [-0.2, -0.15) is 0 Å². The molecule has 0 N–H and O–H groups in total. The molecule has 0 aromatic heterocycles. The van der Waals surface area contributed by atoms with E-state index in [1.165, 1.54) is 77.3 Å². The van der Waals surface area contributed by atoms with E-state index in [-0.39, 0.29) is 0 Å². The van der Waals surface area contributed by atoms with Crippen LogP contribution in [-0.4, -0.2) is 41.7 Å². The number of alkyl halides is 1. The van der Waals surface area contributed by atoms with Crippen LogP contribution in [0.4, 0.5) is 0 Å². The number of halogens is 1.